The topological polar surface area (TPSA) is 135 Å². The summed E-state index contributed by atoms with van der Waals surface area (Å²) in [5, 5.41) is 22.5. The van der Waals surface area contributed by atoms with Crippen molar-refractivity contribution in [2.75, 3.05) is 18.9 Å². The molecule has 5 heterocycles. The van der Waals surface area contributed by atoms with Gasteiger partial charge in [-0.25, -0.2) is 15.0 Å². The first kappa shape index (κ1) is 21.7. The SMILES string of the molecule is Cc1nn(C)c(C)c1Nc1nccc(-c2cccc(-c3cc([C@]4(O)CCN(C)C4=O)on3)n2)n1. The lowest BCUT2D eigenvalue weighted by Crippen LogP contribution is -2.35. The van der Waals surface area contributed by atoms with Gasteiger partial charge in [0.15, 0.2) is 5.76 Å². The van der Waals surface area contributed by atoms with Crippen LogP contribution in [0.1, 0.15) is 23.6 Å². The van der Waals surface area contributed by atoms with E-state index in [1.54, 1.807) is 36.1 Å². The molecule has 34 heavy (non-hydrogen) atoms. The van der Waals surface area contributed by atoms with Crippen molar-refractivity contribution < 1.29 is 14.4 Å². The average molecular weight is 460 g/mol. The third-order valence-electron chi connectivity index (χ3n) is 6.10. The number of aliphatic hydroxyl groups is 1. The van der Waals surface area contributed by atoms with E-state index in [0.29, 0.717) is 35.3 Å². The summed E-state index contributed by atoms with van der Waals surface area (Å²) in [6.45, 7) is 4.34. The zero-order chi connectivity index (χ0) is 24.0. The zero-order valence-corrected chi connectivity index (χ0v) is 19.3. The van der Waals surface area contributed by atoms with Crippen molar-refractivity contribution in [2.45, 2.75) is 25.9 Å². The first-order valence-corrected chi connectivity index (χ1v) is 10.8. The van der Waals surface area contributed by atoms with Crippen LogP contribution in [0.15, 0.2) is 41.1 Å². The monoisotopic (exact) mass is 460 g/mol. The van der Waals surface area contributed by atoms with Crippen molar-refractivity contribution in [3.8, 4) is 22.8 Å². The number of nitrogens with zero attached hydrogens (tertiary/aromatic N) is 7. The third-order valence-corrected chi connectivity index (χ3v) is 6.10. The number of aromatic nitrogens is 6. The molecule has 0 bridgehead atoms. The number of aryl methyl sites for hydroxylation is 2. The van der Waals surface area contributed by atoms with E-state index in [9.17, 15) is 9.90 Å². The molecule has 174 valence electrons. The number of pyridine rings is 1. The quantitative estimate of drug-likeness (QED) is 0.460. The fourth-order valence-electron chi connectivity index (χ4n) is 4.02. The van der Waals surface area contributed by atoms with Crippen LogP contribution in [0.25, 0.3) is 22.8 Å². The Labute approximate surface area is 195 Å². The number of anilines is 2. The maximum absolute atomic E-state index is 12.4. The summed E-state index contributed by atoms with van der Waals surface area (Å²) in [4.78, 5) is 27.4. The van der Waals surface area contributed by atoms with Crippen LogP contribution in [-0.2, 0) is 17.4 Å². The Kier molecular flexibility index (Phi) is 5.13. The van der Waals surface area contributed by atoms with E-state index in [-0.39, 0.29) is 12.2 Å². The van der Waals surface area contributed by atoms with Crippen LogP contribution in [0.2, 0.25) is 0 Å². The molecule has 11 heteroatoms. The van der Waals surface area contributed by atoms with Crippen molar-refractivity contribution in [1.82, 2.24) is 34.8 Å². The molecule has 0 radical (unpaired) electrons. The van der Waals surface area contributed by atoms with E-state index in [1.165, 1.54) is 4.90 Å². The molecule has 1 saturated heterocycles. The minimum absolute atomic E-state index is 0.111. The van der Waals surface area contributed by atoms with Crippen LogP contribution < -0.4 is 5.32 Å². The maximum Gasteiger partial charge on any atom is 0.262 e. The van der Waals surface area contributed by atoms with Crippen LogP contribution >= 0.6 is 0 Å². The van der Waals surface area contributed by atoms with Gasteiger partial charge >= 0.3 is 0 Å². The van der Waals surface area contributed by atoms with Crippen LogP contribution in [0, 0.1) is 13.8 Å². The predicted molar refractivity (Wildman–Crippen MR) is 123 cm³/mol. The summed E-state index contributed by atoms with van der Waals surface area (Å²) < 4.78 is 7.15. The third kappa shape index (κ3) is 3.59. The van der Waals surface area contributed by atoms with Gasteiger partial charge in [0.2, 0.25) is 11.5 Å². The summed E-state index contributed by atoms with van der Waals surface area (Å²) in [6.07, 6.45) is 1.91. The first-order valence-electron chi connectivity index (χ1n) is 10.8. The lowest BCUT2D eigenvalue weighted by atomic mass is 9.98. The molecule has 1 atom stereocenters. The number of nitrogens with one attached hydrogen (secondary N) is 1. The molecule has 1 fully saturated rings. The number of hydrogen-bond donors (Lipinski definition) is 2. The maximum atomic E-state index is 12.4. The predicted octanol–water partition coefficient (Wildman–Crippen LogP) is 2.34. The van der Waals surface area contributed by atoms with Crippen LogP contribution in [0.4, 0.5) is 11.6 Å². The number of rotatable bonds is 5. The lowest BCUT2D eigenvalue weighted by Gasteiger charge is -2.16. The Morgan fingerprint density at radius 3 is 2.50 bits per heavy atom. The van der Waals surface area contributed by atoms with Crippen molar-refractivity contribution >= 4 is 17.5 Å². The molecule has 11 nitrogen and oxygen atoms in total. The van der Waals surface area contributed by atoms with E-state index in [0.717, 1.165) is 17.1 Å². The van der Waals surface area contributed by atoms with Gasteiger partial charge in [-0.2, -0.15) is 5.10 Å². The summed E-state index contributed by atoms with van der Waals surface area (Å²) >= 11 is 0. The molecule has 4 aromatic heterocycles. The summed E-state index contributed by atoms with van der Waals surface area (Å²) in [7, 11) is 3.53. The molecular weight excluding hydrogens is 436 g/mol. The number of carbonyl (C=O) groups is 1. The van der Waals surface area contributed by atoms with Gasteiger partial charge in [0.05, 0.1) is 34.2 Å². The van der Waals surface area contributed by atoms with Gasteiger partial charge in [0.25, 0.3) is 5.91 Å². The molecule has 0 saturated carbocycles. The fourth-order valence-corrected chi connectivity index (χ4v) is 4.02. The molecular formula is C23H24N8O3. The van der Waals surface area contributed by atoms with Crippen molar-refractivity contribution in [1.29, 1.82) is 0 Å². The highest BCUT2D eigenvalue weighted by Gasteiger charge is 2.48. The van der Waals surface area contributed by atoms with Gasteiger partial charge in [-0.3, -0.25) is 9.48 Å². The number of carbonyl (C=O) groups excluding carboxylic acids is 1. The largest absolute Gasteiger partial charge is 0.373 e. The minimum atomic E-state index is -1.70. The first-order chi connectivity index (χ1) is 16.3. The molecule has 5 rings (SSSR count). The molecule has 2 N–H and O–H groups in total. The number of amides is 1. The Hall–Kier alpha value is -4.12. The molecule has 0 spiro atoms. The summed E-state index contributed by atoms with van der Waals surface area (Å²) in [5.74, 6) is 0.135. The van der Waals surface area contributed by atoms with Crippen LogP contribution in [0.5, 0.6) is 0 Å². The Balaban J connectivity index is 1.43. The highest BCUT2D eigenvalue weighted by molar-refractivity contribution is 5.87. The van der Waals surface area contributed by atoms with E-state index in [2.05, 4.69) is 30.5 Å². The van der Waals surface area contributed by atoms with Gasteiger partial charge in [0, 0.05) is 39.3 Å². The summed E-state index contributed by atoms with van der Waals surface area (Å²) in [6, 6.07) is 8.77. The van der Waals surface area contributed by atoms with Gasteiger partial charge in [-0.05, 0) is 32.0 Å². The number of likely N-dealkylation sites (N-methyl/N-ethyl adjacent to an activating group) is 1. The second-order valence-corrected chi connectivity index (χ2v) is 8.38. The van der Waals surface area contributed by atoms with E-state index in [4.69, 9.17) is 4.52 Å². The van der Waals surface area contributed by atoms with E-state index in [1.807, 2.05) is 33.0 Å². The highest BCUT2D eigenvalue weighted by atomic mass is 16.5. The highest BCUT2D eigenvalue weighted by Crippen LogP contribution is 2.34. The Morgan fingerprint density at radius 2 is 1.82 bits per heavy atom. The van der Waals surface area contributed by atoms with Gasteiger partial charge in [-0.15, -0.1) is 0 Å². The molecule has 1 amide bonds. The Bertz CT molecular complexity index is 1390. The van der Waals surface area contributed by atoms with Crippen molar-refractivity contribution in [3.05, 3.63) is 53.7 Å². The smallest absolute Gasteiger partial charge is 0.262 e. The van der Waals surface area contributed by atoms with Crippen LogP contribution in [-0.4, -0.2) is 59.4 Å². The number of likely N-dealkylation sites (tertiary alicyclic amines) is 1. The Morgan fingerprint density at radius 1 is 1.09 bits per heavy atom. The molecule has 0 unspecified atom stereocenters. The van der Waals surface area contributed by atoms with Gasteiger partial charge < -0.3 is 19.8 Å². The summed E-state index contributed by atoms with van der Waals surface area (Å²) in [5.41, 5.74) is 3.17. The van der Waals surface area contributed by atoms with Gasteiger partial charge in [0.1, 0.15) is 5.69 Å². The molecule has 0 aliphatic carbocycles. The lowest BCUT2D eigenvalue weighted by molar-refractivity contribution is -0.144. The van der Waals surface area contributed by atoms with Crippen molar-refractivity contribution in [3.63, 3.8) is 0 Å². The average Bonchev–Trinajstić information content (AvgIpc) is 3.51. The molecule has 0 aromatic carbocycles. The normalized spacial score (nSPS) is 18.0. The van der Waals surface area contributed by atoms with Gasteiger partial charge in [-0.1, -0.05) is 11.2 Å². The molecule has 1 aliphatic rings. The second kappa shape index (κ2) is 8.03. The second-order valence-electron chi connectivity index (χ2n) is 8.38. The number of hydrogen-bond acceptors (Lipinski definition) is 9. The van der Waals surface area contributed by atoms with Crippen LogP contribution in [0.3, 0.4) is 0 Å². The standard InChI is InChI=1S/C23H24N8O3/c1-13-20(14(2)31(4)28-13)27-22-24-10-8-17(26-22)15-6-5-7-16(25-15)18-12-19(34-29-18)23(33)9-11-30(3)21(23)32/h5-8,10,12,33H,9,11H2,1-4H3,(H,24,26,27)/t23-/m1/s1. The molecule has 1 aliphatic heterocycles. The van der Waals surface area contributed by atoms with E-state index >= 15 is 0 Å². The zero-order valence-electron chi connectivity index (χ0n) is 19.3. The fraction of sp³-hybridized carbons (Fsp3) is 0.304. The molecule has 4 aromatic rings. The van der Waals surface area contributed by atoms with E-state index < -0.39 is 11.5 Å². The minimum Gasteiger partial charge on any atom is -0.373 e. The van der Waals surface area contributed by atoms with Crippen molar-refractivity contribution in [2.24, 2.45) is 7.05 Å².